The Bertz CT molecular complexity index is 400. The minimum Gasteiger partial charge on any atom is -0.496 e. The predicted molar refractivity (Wildman–Crippen MR) is 85.1 cm³/mol. The molecular formula is C16H22BrClO. The second-order valence-electron chi connectivity index (χ2n) is 5.45. The van der Waals surface area contributed by atoms with Crippen molar-refractivity contribution < 1.29 is 4.74 Å². The molecule has 1 nitrogen and oxygen atoms in total. The van der Waals surface area contributed by atoms with Gasteiger partial charge in [-0.15, -0.1) is 11.6 Å². The van der Waals surface area contributed by atoms with Crippen LogP contribution in [0.3, 0.4) is 0 Å². The number of halogens is 2. The van der Waals surface area contributed by atoms with Gasteiger partial charge in [-0.3, -0.25) is 0 Å². The van der Waals surface area contributed by atoms with E-state index in [9.17, 15) is 0 Å². The van der Waals surface area contributed by atoms with E-state index in [4.69, 9.17) is 16.3 Å². The van der Waals surface area contributed by atoms with E-state index < -0.39 is 0 Å². The number of hydrogen-bond donors (Lipinski definition) is 0. The number of alkyl halides is 1. The van der Waals surface area contributed by atoms with E-state index in [0.717, 1.165) is 22.6 Å². The summed E-state index contributed by atoms with van der Waals surface area (Å²) >= 11 is 10.1. The van der Waals surface area contributed by atoms with Crippen LogP contribution in [0.15, 0.2) is 22.7 Å². The monoisotopic (exact) mass is 344 g/mol. The van der Waals surface area contributed by atoms with Gasteiger partial charge < -0.3 is 4.74 Å². The van der Waals surface area contributed by atoms with Crippen molar-refractivity contribution in [3.05, 3.63) is 28.2 Å². The van der Waals surface area contributed by atoms with Gasteiger partial charge in [-0.25, -0.2) is 0 Å². The van der Waals surface area contributed by atoms with Crippen LogP contribution in [0, 0.1) is 5.92 Å². The molecule has 0 aliphatic heterocycles. The normalized spacial score (nSPS) is 18.9. The van der Waals surface area contributed by atoms with E-state index in [2.05, 4.69) is 28.1 Å². The first-order valence-electron chi connectivity index (χ1n) is 7.18. The van der Waals surface area contributed by atoms with Crippen molar-refractivity contribution >= 4 is 27.5 Å². The summed E-state index contributed by atoms with van der Waals surface area (Å²) in [7, 11) is 1.68. The summed E-state index contributed by atoms with van der Waals surface area (Å²) in [5.74, 6) is 1.66. The standard InChI is InChI=1S/C16H22BrClO/c1-19-16-9-8-13(11-14(16)17)15(18)10-12-6-4-2-3-5-7-12/h8-9,11-12,15H,2-7,10H2,1H3. The number of ether oxygens (including phenoxy) is 1. The van der Waals surface area contributed by atoms with Crippen LogP contribution >= 0.6 is 27.5 Å². The zero-order valence-electron chi connectivity index (χ0n) is 11.5. The molecule has 1 aliphatic carbocycles. The van der Waals surface area contributed by atoms with Gasteiger partial charge in [0.05, 0.1) is 17.0 Å². The zero-order valence-corrected chi connectivity index (χ0v) is 13.8. The Labute approximate surface area is 129 Å². The van der Waals surface area contributed by atoms with Crippen LogP contribution in [0.1, 0.15) is 55.9 Å². The molecule has 0 spiro atoms. The van der Waals surface area contributed by atoms with Crippen molar-refractivity contribution in [1.29, 1.82) is 0 Å². The third kappa shape index (κ3) is 4.39. The van der Waals surface area contributed by atoms with Crippen LogP contribution in [0.4, 0.5) is 0 Å². The highest BCUT2D eigenvalue weighted by molar-refractivity contribution is 9.10. The van der Waals surface area contributed by atoms with Gasteiger partial charge in [0.1, 0.15) is 5.75 Å². The van der Waals surface area contributed by atoms with Gasteiger partial charge in [0, 0.05) is 0 Å². The lowest BCUT2D eigenvalue weighted by Gasteiger charge is -2.18. The van der Waals surface area contributed by atoms with Crippen LogP contribution in [-0.4, -0.2) is 7.11 Å². The summed E-state index contributed by atoms with van der Waals surface area (Å²) in [6.07, 6.45) is 9.34. The number of methoxy groups -OCH3 is 1. The maximum Gasteiger partial charge on any atom is 0.133 e. The Morgan fingerprint density at radius 2 is 1.95 bits per heavy atom. The average molecular weight is 346 g/mol. The molecule has 1 saturated carbocycles. The van der Waals surface area contributed by atoms with Gasteiger partial charge in [0.2, 0.25) is 0 Å². The molecule has 0 saturated heterocycles. The van der Waals surface area contributed by atoms with Crippen LogP contribution < -0.4 is 4.74 Å². The molecule has 1 aliphatic rings. The molecule has 0 aromatic heterocycles. The molecule has 1 unspecified atom stereocenters. The van der Waals surface area contributed by atoms with E-state index in [1.807, 2.05) is 6.07 Å². The molecular weight excluding hydrogens is 324 g/mol. The minimum absolute atomic E-state index is 0.116. The van der Waals surface area contributed by atoms with Crippen LogP contribution in [-0.2, 0) is 0 Å². The van der Waals surface area contributed by atoms with Gasteiger partial charge in [0.25, 0.3) is 0 Å². The van der Waals surface area contributed by atoms with Gasteiger partial charge in [-0.05, 0) is 46.0 Å². The smallest absolute Gasteiger partial charge is 0.133 e. The Morgan fingerprint density at radius 3 is 2.53 bits per heavy atom. The quantitative estimate of drug-likeness (QED) is 0.473. The molecule has 1 fully saturated rings. The summed E-state index contributed by atoms with van der Waals surface area (Å²) in [6.45, 7) is 0. The van der Waals surface area contributed by atoms with Crippen LogP contribution in [0.2, 0.25) is 0 Å². The molecule has 1 aromatic carbocycles. The van der Waals surface area contributed by atoms with Gasteiger partial charge in [0.15, 0.2) is 0 Å². The lowest BCUT2D eigenvalue weighted by Crippen LogP contribution is -2.03. The van der Waals surface area contributed by atoms with Crippen molar-refractivity contribution in [2.24, 2.45) is 5.92 Å². The topological polar surface area (TPSA) is 9.23 Å². The van der Waals surface area contributed by atoms with E-state index in [1.165, 1.54) is 44.1 Å². The van der Waals surface area contributed by atoms with Gasteiger partial charge >= 0.3 is 0 Å². The first-order valence-corrected chi connectivity index (χ1v) is 8.41. The zero-order chi connectivity index (χ0) is 13.7. The van der Waals surface area contributed by atoms with E-state index in [-0.39, 0.29) is 5.38 Å². The lowest BCUT2D eigenvalue weighted by molar-refractivity contribution is 0.410. The molecule has 0 amide bonds. The Hall–Kier alpha value is -0.210. The van der Waals surface area contributed by atoms with Crippen molar-refractivity contribution in [3.8, 4) is 5.75 Å². The first-order chi connectivity index (χ1) is 9.20. The predicted octanol–water partition coefficient (Wildman–Crippen LogP) is 6.10. The maximum absolute atomic E-state index is 6.60. The van der Waals surface area contributed by atoms with Crippen LogP contribution in [0.25, 0.3) is 0 Å². The molecule has 1 atom stereocenters. The third-order valence-corrected chi connectivity index (χ3v) is 5.10. The SMILES string of the molecule is COc1ccc(C(Cl)CC2CCCCCC2)cc1Br. The summed E-state index contributed by atoms with van der Waals surface area (Å²) in [6, 6.07) is 6.16. The highest BCUT2D eigenvalue weighted by Gasteiger charge is 2.18. The Balaban J connectivity index is 1.98. The number of benzene rings is 1. The average Bonchev–Trinajstić information content (AvgIpc) is 2.67. The lowest BCUT2D eigenvalue weighted by atomic mass is 9.92. The molecule has 2 rings (SSSR count). The Kier molecular flexibility index (Phi) is 6.03. The van der Waals surface area contributed by atoms with Crippen molar-refractivity contribution in [2.75, 3.05) is 7.11 Å². The number of rotatable bonds is 4. The third-order valence-electron chi connectivity index (χ3n) is 4.05. The van der Waals surface area contributed by atoms with E-state index >= 15 is 0 Å². The van der Waals surface area contributed by atoms with Crippen molar-refractivity contribution in [2.45, 2.75) is 50.3 Å². The van der Waals surface area contributed by atoms with E-state index in [1.54, 1.807) is 7.11 Å². The van der Waals surface area contributed by atoms with Gasteiger partial charge in [-0.1, -0.05) is 44.6 Å². The fourth-order valence-electron chi connectivity index (χ4n) is 2.91. The highest BCUT2D eigenvalue weighted by Crippen LogP contribution is 2.37. The van der Waals surface area contributed by atoms with E-state index in [0.29, 0.717) is 0 Å². The summed E-state index contributed by atoms with van der Waals surface area (Å²) in [5, 5.41) is 0.116. The molecule has 3 heteroatoms. The molecule has 106 valence electrons. The summed E-state index contributed by atoms with van der Waals surface area (Å²) < 4.78 is 6.24. The molecule has 0 heterocycles. The molecule has 1 aromatic rings. The highest BCUT2D eigenvalue weighted by atomic mass is 79.9. The Morgan fingerprint density at radius 1 is 1.26 bits per heavy atom. The first kappa shape index (κ1) is 15.2. The fraction of sp³-hybridized carbons (Fsp3) is 0.625. The second kappa shape index (κ2) is 7.54. The molecule has 0 N–H and O–H groups in total. The number of hydrogen-bond acceptors (Lipinski definition) is 1. The largest absolute Gasteiger partial charge is 0.496 e. The van der Waals surface area contributed by atoms with Crippen molar-refractivity contribution in [3.63, 3.8) is 0 Å². The molecule has 19 heavy (non-hydrogen) atoms. The minimum atomic E-state index is 0.116. The molecule has 0 radical (unpaired) electrons. The maximum atomic E-state index is 6.60. The molecule has 0 bridgehead atoms. The second-order valence-corrected chi connectivity index (χ2v) is 6.84. The van der Waals surface area contributed by atoms with Crippen molar-refractivity contribution in [1.82, 2.24) is 0 Å². The van der Waals surface area contributed by atoms with Crippen LogP contribution in [0.5, 0.6) is 5.75 Å². The fourth-order valence-corrected chi connectivity index (χ4v) is 3.85. The summed E-state index contributed by atoms with van der Waals surface area (Å²) in [4.78, 5) is 0. The van der Waals surface area contributed by atoms with Gasteiger partial charge in [-0.2, -0.15) is 0 Å². The summed E-state index contributed by atoms with van der Waals surface area (Å²) in [5.41, 5.74) is 1.19.